The van der Waals surface area contributed by atoms with Gasteiger partial charge in [-0.2, -0.15) is 0 Å². The Morgan fingerprint density at radius 2 is 1.85 bits per heavy atom. The molecular weight excluding hydrogens is 336 g/mol. The van der Waals surface area contributed by atoms with E-state index in [9.17, 15) is 15.0 Å². The van der Waals surface area contributed by atoms with Gasteiger partial charge in [0, 0.05) is 30.2 Å². The summed E-state index contributed by atoms with van der Waals surface area (Å²) in [6.07, 6.45) is 10.3. The van der Waals surface area contributed by atoms with Gasteiger partial charge in [0.15, 0.2) is 0 Å². The Bertz CT molecular complexity index is 758. The first-order valence-electron chi connectivity index (χ1n) is 10.1. The molecule has 2 unspecified atom stereocenters. The number of terminal acetylenes is 1. The highest BCUT2D eigenvalue weighted by molar-refractivity contribution is 5.86. The predicted octanol–water partition coefficient (Wildman–Crippen LogP) is 5.29. The van der Waals surface area contributed by atoms with E-state index < -0.39 is 0 Å². The minimum atomic E-state index is -0.161. The number of carbonyl (C=O) groups excluding carboxylic acids is 1. The number of carbonyl (C=O) groups is 1. The van der Waals surface area contributed by atoms with Gasteiger partial charge in [0.1, 0.15) is 17.3 Å². The molecule has 2 bridgehead atoms. The molecule has 0 aromatic heterocycles. The van der Waals surface area contributed by atoms with Gasteiger partial charge >= 0.3 is 0 Å². The van der Waals surface area contributed by atoms with E-state index in [1.54, 1.807) is 12.1 Å². The fraction of sp³-hybridized carbons (Fsp3) is 0.625. The Labute approximate surface area is 163 Å². The Kier molecular flexibility index (Phi) is 5.06. The number of phenols is 2. The van der Waals surface area contributed by atoms with Crippen molar-refractivity contribution >= 4 is 5.78 Å². The van der Waals surface area contributed by atoms with Crippen LogP contribution in [0, 0.1) is 29.6 Å². The van der Waals surface area contributed by atoms with Crippen molar-refractivity contribution in [2.75, 3.05) is 0 Å². The molecular formula is C24H32O3. The summed E-state index contributed by atoms with van der Waals surface area (Å²) in [6.45, 7) is 8.52. The van der Waals surface area contributed by atoms with Gasteiger partial charge in [-0.05, 0) is 53.7 Å². The summed E-state index contributed by atoms with van der Waals surface area (Å²) < 4.78 is 0. The van der Waals surface area contributed by atoms with Crippen LogP contribution in [-0.2, 0) is 10.2 Å². The minimum Gasteiger partial charge on any atom is -0.508 e. The number of hydrogen-bond donors (Lipinski definition) is 2. The number of ketones is 1. The van der Waals surface area contributed by atoms with E-state index in [2.05, 4.69) is 33.6 Å². The molecule has 3 nitrogen and oxygen atoms in total. The fourth-order valence-corrected chi connectivity index (χ4v) is 5.32. The number of fused-ring (bicyclic) bond motifs is 2. The lowest BCUT2D eigenvalue weighted by atomic mass is 9.44. The third-order valence-corrected chi connectivity index (χ3v) is 7.30. The highest BCUT2D eigenvalue weighted by atomic mass is 16.3. The molecule has 3 aliphatic rings. The molecule has 3 fully saturated rings. The molecule has 3 atom stereocenters. The van der Waals surface area contributed by atoms with Gasteiger partial charge in [0.2, 0.25) is 0 Å². The number of unbranched alkanes of at least 4 members (excludes halogenated alkanes) is 2. The molecule has 0 spiro atoms. The predicted molar refractivity (Wildman–Crippen MR) is 108 cm³/mol. The van der Waals surface area contributed by atoms with Gasteiger partial charge in [-0.25, -0.2) is 0 Å². The maximum Gasteiger partial charge on any atom is 0.137 e. The second-order valence-electron chi connectivity index (χ2n) is 9.72. The monoisotopic (exact) mass is 368 g/mol. The summed E-state index contributed by atoms with van der Waals surface area (Å²) in [5.74, 6) is 3.57. The van der Waals surface area contributed by atoms with Crippen molar-refractivity contribution in [1.29, 1.82) is 0 Å². The summed E-state index contributed by atoms with van der Waals surface area (Å²) in [6, 6.07) is 3.58. The van der Waals surface area contributed by atoms with Gasteiger partial charge in [-0.15, -0.1) is 12.3 Å². The quantitative estimate of drug-likeness (QED) is 0.530. The van der Waals surface area contributed by atoms with E-state index in [0.717, 1.165) is 37.7 Å². The number of aromatic hydroxyl groups is 2. The topological polar surface area (TPSA) is 57.5 Å². The molecule has 0 amide bonds. The molecule has 3 saturated carbocycles. The first-order valence-corrected chi connectivity index (χ1v) is 10.1. The minimum absolute atomic E-state index is 0.0478. The van der Waals surface area contributed by atoms with Crippen molar-refractivity contribution in [1.82, 2.24) is 0 Å². The molecule has 0 saturated heterocycles. The molecule has 1 aromatic carbocycles. The van der Waals surface area contributed by atoms with Crippen LogP contribution in [0.5, 0.6) is 11.5 Å². The van der Waals surface area contributed by atoms with Crippen molar-refractivity contribution in [2.45, 2.75) is 77.6 Å². The van der Waals surface area contributed by atoms with Crippen LogP contribution in [0.4, 0.5) is 0 Å². The van der Waals surface area contributed by atoms with Gasteiger partial charge in [-0.1, -0.05) is 34.1 Å². The smallest absolute Gasteiger partial charge is 0.137 e. The van der Waals surface area contributed by atoms with Crippen molar-refractivity contribution < 1.29 is 15.0 Å². The summed E-state index contributed by atoms with van der Waals surface area (Å²) in [5.41, 5.74) is 1.28. The maximum atomic E-state index is 12.5. The first-order chi connectivity index (χ1) is 12.6. The van der Waals surface area contributed by atoms with Crippen LogP contribution in [0.15, 0.2) is 12.1 Å². The summed E-state index contributed by atoms with van der Waals surface area (Å²) >= 11 is 0. The second kappa shape index (κ2) is 6.89. The van der Waals surface area contributed by atoms with Crippen LogP contribution in [0.25, 0.3) is 0 Å². The number of Topliss-reactive ketones (excluding diaryl/α,β-unsaturated/α-hetero) is 1. The van der Waals surface area contributed by atoms with Crippen LogP contribution in [0.2, 0.25) is 0 Å². The zero-order valence-electron chi connectivity index (χ0n) is 17.0. The zero-order chi connectivity index (χ0) is 20.0. The van der Waals surface area contributed by atoms with Crippen molar-refractivity contribution in [3.63, 3.8) is 0 Å². The van der Waals surface area contributed by atoms with Crippen molar-refractivity contribution in [2.24, 2.45) is 17.3 Å². The van der Waals surface area contributed by atoms with E-state index in [4.69, 9.17) is 6.42 Å². The molecule has 2 N–H and O–H groups in total. The van der Waals surface area contributed by atoms with Crippen LogP contribution >= 0.6 is 0 Å². The summed E-state index contributed by atoms with van der Waals surface area (Å²) in [7, 11) is 0. The first kappa shape index (κ1) is 19.8. The van der Waals surface area contributed by atoms with E-state index in [-0.39, 0.29) is 39.9 Å². The zero-order valence-corrected chi connectivity index (χ0v) is 17.0. The Balaban J connectivity index is 1.86. The highest BCUT2D eigenvalue weighted by Gasteiger charge is 2.59. The molecule has 27 heavy (non-hydrogen) atoms. The lowest BCUT2D eigenvalue weighted by Gasteiger charge is -2.59. The lowest BCUT2D eigenvalue weighted by Crippen LogP contribution is -2.56. The summed E-state index contributed by atoms with van der Waals surface area (Å²) in [5, 5.41) is 21.6. The summed E-state index contributed by atoms with van der Waals surface area (Å²) in [4.78, 5) is 12.5. The molecule has 3 heteroatoms. The molecule has 0 aliphatic heterocycles. The molecule has 3 aliphatic carbocycles. The molecule has 1 aromatic rings. The third-order valence-electron chi connectivity index (χ3n) is 7.30. The van der Waals surface area contributed by atoms with Crippen LogP contribution in [0.1, 0.15) is 83.3 Å². The number of hydrogen-bond acceptors (Lipinski definition) is 3. The number of phenolic OH excluding ortho intramolecular Hbond substituents is 2. The lowest BCUT2D eigenvalue weighted by molar-refractivity contribution is -0.151. The van der Waals surface area contributed by atoms with Crippen molar-refractivity contribution in [3.05, 3.63) is 23.3 Å². The average Bonchev–Trinajstić information content (AvgIpc) is 2.57. The van der Waals surface area contributed by atoms with Crippen LogP contribution < -0.4 is 0 Å². The van der Waals surface area contributed by atoms with E-state index in [1.807, 2.05) is 0 Å². The molecule has 146 valence electrons. The Morgan fingerprint density at radius 3 is 2.37 bits per heavy atom. The Hall–Kier alpha value is -1.95. The molecule has 0 heterocycles. The number of benzene rings is 1. The van der Waals surface area contributed by atoms with Gasteiger partial charge < -0.3 is 10.2 Å². The van der Waals surface area contributed by atoms with E-state index >= 15 is 0 Å². The highest BCUT2D eigenvalue weighted by Crippen LogP contribution is 2.64. The average molecular weight is 369 g/mol. The van der Waals surface area contributed by atoms with Crippen molar-refractivity contribution in [3.8, 4) is 23.8 Å². The normalized spacial score (nSPS) is 26.3. The maximum absolute atomic E-state index is 12.5. The largest absolute Gasteiger partial charge is 0.508 e. The SMILES string of the molecule is C#CCCCCC(C)(C)c1cc(O)c(C2CC(=O)[C@@H]3CC2C3(C)C)c(O)c1. The van der Waals surface area contributed by atoms with Gasteiger partial charge in [0.05, 0.1) is 0 Å². The van der Waals surface area contributed by atoms with Gasteiger partial charge in [0.25, 0.3) is 0 Å². The standard InChI is InChI=1S/C24H32O3/c1-6-7-8-9-10-23(2,3)15-11-20(26)22(21(27)12-15)16-13-19(25)18-14-17(16)24(18,4)5/h1,11-12,16-18,26-27H,7-10,13-14H2,2-5H3/t16?,17?,18-/m0/s1. The second-order valence-corrected chi connectivity index (χ2v) is 9.72. The van der Waals surface area contributed by atoms with E-state index in [0.29, 0.717) is 17.9 Å². The number of rotatable bonds is 6. The molecule has 4 rings (SSSR count). The fourth-order valence-electron chi connectivity index (χ4n) is 5.32. The Morgan fingerprint density at radius 1 is 1.22 bits per heavy atom. The molecule has 0 radical (unpaired) electrons. The van der Waals surface area contributed by atoms with E-state index in [1.165, 1.54) is 0 Å². The van der Waals surface area contributed by atoms with Crippen LogP contribution in [-0.4, -0.2) is 16.0 Å². The van der Waals surface area contributed by atoms with Crippen LogP contribution in [0.3, 0.4) is 0 Å². The van der Waals surface area contributed by atoms with Gasteiger partial charge in [-0.3, -0.25) is 4.79 Å². The third kappa shape index (κ3) is 3.35.